The smallest absolute Gasteiger partial charge is 0.156 e. The average Bonchev–Trinajstić information content (AvgIpc) is 2.94. The van der Waals surface area contributed by atoms with Crippen LogP contribution in [0.25, 0.3) is 16.7 Å². The minimum Gasteiger partial charge on any atom is -0.295 e. The lowest BCUT2D eigenvalue weighted by Gasteiger charge is -2.27. The molecule has 1 nitrogen and oxygen atoms in total. The maximum absolute atomic E-state index is 12.7. The van der Waals surface area contributed by atoms with E-state index in [0.29, 0.717) is 6.42 Å². The van der Waals surface area contributed by atoms with Gasteiger partial charge in [0, 0.05) is 16.3 Å². The van der Waals surface area contributed by atoms with Crippen LogP contribution in [0.2, 0.25) is 0 Å². The van der Waals surface area contributed by atoms with Gasteiger partial charge in [0.15, 0.2) is 5.78 Å². The monoisotopic (exact) mass is 454 g/mol. The lowest BCUT2D eigenvalue weighted by atomic mass is 9.76. The first kappa shape index (κ1) is 19.6. The zero-order valence-corrected chi connectivity index (χ0v) is 19.2. The Kier molecular flexibility index (Phi) is 4.63. The van der Waals surface area contributed by atoms with Crippen molar-refractivity contribution in [1.82, 2.24) is 0 Å². The largest absolute Gasteiger partial charge is 0.295 e. The van der Waals surface area contributed by atoms with Crippen LogP contribution in [0.1, 0.15) is 54.9 Å². The van der Waals surface area contributed by atoms with Crippen molar-refractivity contribution in [3.8, 4) is 11.1 Å². The Morgan fingerprint density at radius 1 is 0.900 bits per heavy atom. The molecule has 30 heavy (non-hydrogen) atoms. The fourth-order valence-electron chi connectivity index (χ4n) is 5.28. The summed E-state index contributed by atoms with van der Waals surface area (Å²) in [6.07, 6.45) is 3.32. The van der Waals surface area contributed by atoms with E-state index < -0.39 is 0 Å². The zero-order valence-electron chi connectivity index (χ0n) is 17.6. The highest BCUT2D eigenvalue weighted by Gasteiger charge is 2.37. The van der Waals surface area contributed by atoms with Gasteiger partial charge in [0.2, 0.25) is 0 Å². The average molecular weight is 455 g/mol. The van der Waals surface area contributed by atoms with E-state index in [2.05, 4.69) is 98.3 Å². The van der Waals surface area contributed by atoms with Crippen LogP contribution in [0.4, 0.5) is 0 Å². The summed E-state index contributed by atoms with van der Waals surface area (Å²) in [5.41, 5.74) is 10.2. The molecule has 0 N–H and O–H groups in total. The SMILES string of the molecule is Bc1ccccc1C1=CC(=O)CC(c2cc3c(cc2Br)-c2ccccc2C3(C)C)C1. The molecular weight excluding hydrogens is 431 g/mol. The van der Waals surface area contributed by atoms with E-state index in [9.17, 15) is 4.79 Å². The van der Waals surface area contributed by atoms with E-state index in [1.165, 1.54) is 38.8 Å². The summed E-state index contributed by atoms with van der Waals surface area (Å²) in [4.78, 5) is 12.7. The quantitative estimate of drug-likeness (QED) is 0.464. The van der Waals surface area contributed by atoms with Crippen molar-refractivity contribution in [2.24, 2.45) is 0 Å². The van der Waals surface area contributed by atoms with Gasteiger partial charge in [-0.05, 0) is 63.4 Å². The molecular formula is C27H24BBrO. The molecule has 0 aliphatic heterocycles. The molecule has 0 aromatic heterocycles. The van der Waals surface area contributed by atoms with Crippen molar-refractivity contribution in [2.75, 3.05) is 0 Å². The highest BCUT2D eigenvalue weighted by molar-refractivity contribution is 9.10. The molecule has 0 saturated carbocycles. The molecule has 0 bridgehead atoms. The highest BCUT2D eigenvalue weighted by Crippen LogP contribution is 2.51. The summed E-state index contributed by atoms with van der Waals surface area (Å²) in [6, 6.07) is 21.7. The lowest BCUT2D eigenvalue weighted by molar-refractivity contribution is -0.115. The summed E-state index contributed by atoms with van der Waals surface area (Å²) >= 11 is 3.85. The third kappa shape index (κ3) is 3.03. The number of fused-ring (bicyclic) bond motifs is 3. The number of benzene rings is 3. The number of carbonyl (C=O) groups is 1. The van der Waals surface area contributed by atoms with Crippen LogP contribution < -0.4 is 5.46 Å². The number of allylic oxidation sites excluding steroid dienone is 2. The van der Waals surface area contributed by atoms with Gasteiger partial charge in [0.25, 0.3) is 0 Å². The Morgan fingerprint density at radius 3 is 2.37 bits per heavy atom. The third-order valence-electron chi connectivity index (χ3n) is 6.88. The molecule has 0 amide bonds. The number of halogens is 1. The number of hydrogen-bond acceptors (Lipinski definition) is 1. The van der Waals surface area contributed by atoms with Gasteiger partial charge in [-0.2, -0.15) is 0 Å². The van der Waals surface area contributed by atoms with E-state index in [1.54, 1.807) is 0 Å². The van der Waals surface area contributed by atoms with Crippen molar-refractivity contribution >= 4 is 40.6 Å². The molecule has 0 radical (unpaired) electrons. The zero-order chi connectivity index (χ0) is 21.0. The van der Waals surface area contributed by atoms with E-state index in [0.717, 1.165) is 16.5 Å². The molecule has 3 aromatic rings. The van der Waals surface area contributed by atoms with Crippen LogP contribution in [0.3, 0.4) is 0 Å². The summed E-state index contributed by atoms with van der Waals surface area (Å²) in [5, 5.41) is 0. The van der Waals surface area contributed by atoms with Gasteiger partial charge >= 0.3 is 0 Å². The van der Waals surface area contributed by atoms with Crippen molar-refractivity contribution in [3.63, 3.8) is 0 Å². The first-order valence-corrected chi connectivity index (χ1v) is 11.4. The molecule has 0 heterocycles. The van der Waals surface area contributed by atoms with Crippen molar-refractivity contribution in [1.29, 1.82) is 0 Å². The minimum absolute atomic E-state index is 0.0330. The van der Waals surface area contributed by atoms with Crippen LogP contribution in [0.15, 0.2) is 71.2 Å². The fourth-order valence-corrected chi connectivity index (χ4v) is 5.95. The Balaban J connectivity index is 1.58. The molecule has 0 saturated heterocycles. The Labute approximate surface area is 187 Å². The Bertz CT molecular complexity index is 1220. The predicted molar refractivity (Wildman–Crippen MR) is 131 cm³/mol. The summed E-state index contributed by atoms with van der Waals surface area (Å²) < 4.78 is 1.11. The number of rotatable bonds is 2. The minimum atomic E-state index is -0.0330. The van der Waals surface area contributed by atoms with Crippen LogP contribution in [-0.4, -0.2) is 13.6 Å². The summed E-state index contributed by atoms with van der Waals surface area (Å²) in [5.74, 6) is 0.413. The van der Waals surface area contributed by atoms with E-state index in [-0.39, 0.29) is 17.1 Å². The van der Waals surface area contributed by atoms with Gasteiger partial charge in [-0.25, -0.2) is 0 Å². The lowest BCUT2D eigenvalue weighted by Crippen LogP contribution is -2.18. The van der Waals surface area contributed by atoms with Crippen LogP contribution >= 0.6 is 15.9 Å². The van der Waals surface area contributed by atoms with E-state index in [1.807, 2.05) is 6.08 Å². The van der Waals surface area contributed by atoms with Crippen molar-refractivity contribution < 1.29 is 4.79 Å². The van der Waals surface area contributed by atoms with E-state index >= 15 is 0 Å². The second-order valence-corrected chi connectivity index (χ2v) is 10.0. The number of carbonyl (C=O) groups excluding carboxylic acids is 1. The van der Waals surface area contributed by atoms with Gasteiger partial charge in [-0.15, -0.1) is 0 Å². The summed E-state index contributed by atoms with van der Waals surface area (Å²) in [6.45, 7) is 4.61. The maximum Gasteiger partial charge on any atom is 0.156 e. The molecule has 1 atom stereocenters. The van der Waals surface area contributed by atoms with Gasteiger partial charge in [0.1, 0.15) is 7.85 Å². The molecule has 5 rings (SSSR count). The molecule has 3 heteroatoms. The topological polar surface area (TPSA) is 17.1 Å². The second kappa shape index (κ2) is 7.09. The Hall–Kier alpha value is -2.39. The number of hydrogen-bond donors (Lipinski definition) is 0. The van der Waals surface area contributed by atoms with Gasteiger partial charge < -0.3 is 0 Å². The molecule has 3 aromatic carbocycles. The maximum atomic E-state index is 12.7. The fraction of sp³-hybridized carbons (Fsp3) is 0.222. The van der Waals surface area contributed by atoms with Gasteiger partial charge in [-0.3, -0.25) is 4.79 Å². The number of ketones is 1. The first-order valence-electron chi connectivity index (χ1n) is 10.6. The molecule has 2 aliphatic rings. The summed E-state index contributed by atoms with van der Waals surface area (Å²) in [7, 11) is 2.12. The van der Waals surface area contributed by atoms with Gasteiger partial charge in [-0.1, -0.05) is 89.8 Å². The van der Waals surface area contributed by atoms with Gasteiger partial charge in [0.05, 0.1) is 0 Å². The predicted octanol–water partition coefficient (Wildman–Crippen LogP) is 5.54. The molecule has 2 aliphatic carbocycles. The molecule has 0 spiro atoms. The molecule has 1 unspecified atom stereocenters. The van der Waals surface area contributed by atoms with E-state index in [4.69, 9.17) is 0 Å². The normalized spacial score (nSPS) is 19.2. The Morgan fingerprint density at radius 2 is 1.60 bits per heavy atom. The van der Waals surface area contributed by atoms with Crippen molar-refractivity contribution in [3.05, 3.63) is 93.5 Å². The molecule has 0 fully saturated rings. The molecule has 148 valence electrons. The van der Waals surface area contributed by atoms with Crippen LogP contribution in [0, 0.1) is 0 Å². The third-order valence-corrected chi connectivity index (χ3v) is 7.57. The standard InChI is InChI=1S/C27H24BBrO/c1-27(2)23-9-5-3-8-20(23)22-15-26(29)21(14-24(22)27)17-11-16(12-18(30)13-17)19-7-4-6-10-25(19)28/h3-10,12,14-15,17H,11,13,28H2,1-2H3. The second-order valence-electron chi connectivity index (χ2n) is 9.15. The van der Waals surface area contributed by atoms with Crippen molar-refractivity contribution in [2.45, 2.75) is 38.0 Å². The highest BCUT2D eigenvalue weighted by atomic mass is 79.9. The van der Waals surface area contributed by atoms with Crippen LogP contribution in [-0.2, 0) is 10.2 Å². The van der Waals surface area contributed by atoms with Crippen LogP contribution in [0.5, 0.6) is 0 Å². The first-order chi connectivity index (χ1) is 14.4.